The van der Waals surface area contributed by atoms with Gasteiger partial charge in [0.1, 0.15) is 17.5 Å². The quantitative estimate of drug-likeness (QED) is 0.522. The molecule has 0 unspecified atom stereocenters. The molecule has 176 valence electrons. The maximum Gasteiger partial charge on any atom is 0.501 e. The number of alkyl halides is 3. The summed E-state index contributed by atoms with van der Waals surface area (Å²) in [5.74, 6) is -0.708. The molecule has 2 aromatic carbocycles. The highest BCUT2D eigenvalue weighted by atomic mass is 32.2. The van der Waals surface area contributed by atoms with E-state index in [1.807, 2.05) is 0 Å². The molecule has 4 rings (SSSR count). The van der Waals surface area contributed by atoms with Gasteiger partial charge in [-0.25, -0.2) is 8.42 Å². The summed E-state index contributed by atoms with van der Waals surface area (Å²) < 4.78 is 68.9. The van der Waals surface area contributed by atoms with E-state index in [4.69, 9.17) is 4.74 Å². The second kappa shape index (κ2) is 7.15. The number of amides is 1. The summed E-state index contributed by atoms with van der Waals surface area (Å²) in [6.45, 7) is 2.67. The van der Waals surface area contributed by atoms with Gasteiger partial charge < -0.3 is 14.7 Å². The average molecular weight is 486 g/mol. The Morgan fingerprint density at radius 3 is 2.52 bits per heavy atom. The van der Waals surface area contributed by atoms with Crippen LogP contribution in [-0.2, 0) is 16.4 Å². The summed E-state index contributed by atoms with van der Waals surface area (Å²) in [7, 11) is -5.72. The third kappa shape index (κ3) is 3.42. The van der Waals surface area contributed by atoms with E-state index in [0.29, 0.717) is 6.07 Å². The number of rotatable bonds is 3. The zero-order chi connectivity index (χ0) is 24.5. The Kier molecular flexibility index (Phi) is 4.98. The molecule has 2 aliphatic rings. The van der Waals surface area contributed by atoms with Crippen molar-refractivity contribution in [3.05, 3.63) is 63.2 Å². The van der Waals surface area contributed by atoms with E-state index in [0.717, 1.165) is 17.0 Å². The molecule has 0 saturated heterocycles. The predicted octanol–water partition coefficient (Wildman–Crippen LogP) is 3.12. The highest BCUT2D eigenvalue weighted by molar-refractivity contribution is 7.92. The Morgan fingerprint density at radius 1 is 1.24 bits per heavy atom. The van der Waals surface area contributed by atoms with Crippen LogP contribution in [0.4, 0.5) is 18.9 Å². The first-order chi connectivity index (χ1) is 15.2. The molecule has 0 spiro atoms. The number of carbonyl (C=O) groups is 1. The number of hydrogen-bond donors (Lipinski definition) is 1. The largest absolute Gasteiger partial charge is 0.501 e. The first-order valence-electron chi connectivity index (χ1n) is 9.56. The number of aliphatic hydroxyl groups excluding tert-OH is 1. The fraction of sp³-hybridized carbons (Fsp3) is 0.350. The fourth-order valence-electron chi connectivity index (χ4n) is 4.12. The Morgan fingerprint density at radius 2 is 1.91 bits per heavy atom. The smallest absolute Gasteiger partial charge is 0.485 e. The minimum Gasteiger partial charge on any atom is -0.485 e. The van der Waals surface area contributed by atoms with E-state index in [9.17, 15) is 41.6 Å². The molecular formula is C20H17F3N2O7S. The molecule has 1 amide bonds. The van der Waals surface area contributed by atoms with Crippen LogP contribution in [0, 0.1) is 10.1 Å². The minimum atomic E-state index is -5.72. The number of benzene rings is 2. The lowest BCUT2D eigenvalue weighted by molar-refractivity contribution is -0.385. The van der Waals surface area contributed by atoms with Gasteiger partial charge in [0.15, 0.2) is 0 Å². The van der Waals surface area contributed by atoms with Crippen LogP contribution in [0.5, 0.6) is 5.75 Å². The maximum absolute atomic E-state index is 13.1. The summed E-state index contributed by atoms with van der Waals surface area (Å²) >= 11 is 0. The number of hydrogen-bond acceptors (Lipinski definition) is 7. The van der Waals surface area contributed by atoms with Crippen molar-refractivity contribution in [1.82, 2.24) is 4.90 Å². The number of nitro groups is 1. The van der Waals surface area contributed by atoms with Crippen molar-refractivity contribution in [2.24, 2.45) is 0 Å². The van der Waals surface area contributed by atoms with Gasteiger partial charge in [0.25, 0.3) is 21.4 Å². The number of carbonyl (C=O) groups excluding carboxylic acids is 1. The van der Waals surface area contributed by atoms with Gasteiger partial charge in [-0.2, -0.15) is 13.2 Å². The number of fused-ring (bicyclic) bond motifs is 2. The molecule has 0 saturated carbocycles. The summed E-state index contributed by atoms with van der Waals surface area (Å²) in [6, 6.07) is 5.06. The molecule has 2 aromatic rings. The first-order valence-corrected chi connectivity index (χ1v) is 11.0. The minimum absolute atomic E-state index is 0.0151. The van der Waals surface area contributed by atoms with Crippen molar-refractivity contribution in [1.29, 1.82) is 0 Å². The maximum atomic E-state index is 13.1. The van der Waals surface area contributed by atoms with Crippen molar-refractivity contribution >= 4 is 21.4 Å². The van der Waals surface area contributed by atoms with Gasteiger partial charge in [-0.1, -0.05) is 6.07 Å². The molecule has 0 aromatic heterocycles. The third-order valence-electron chi connectivity index (χ3n) is 5.80. The van der Waals surface area contributed by atoms with Gasteiger partial charge in [-0.05, 0) is 38.1 Å². The molecule has 0 aliphatic carbocycles. The van der Waals surface area contributed by atoms with Crippen molar-refractivity contribution in [3.8, 4) is 5.75 Å². The van der Waals surface area contributed by atoms with Crippen LogP contribution in [0.15, 0.2) is 41.3 Å². The van der Waals surface area contributed by atoms with Gasteiger partial charge in [0, 0.05) is 11.6 Å². The molecule has 2 heterocycles. The normalized spacial score (nSPS) is 21.9. The number of ether oxygens (including phenoxy) is 1. The van der Waals surface area contributed by atoms with Gasteiger partial charge in [-0.15, -0.1) is 0 Å². The number of nitrogens with zero attached hydrogens (tertiary/aromatic N) is 2. The second-order valence-corrected chi connectivity index (χ2v) is 10.2. The van der Waals surface area contributed by atoms with E-state index in [1.54, 1.807) is 0 Å². The highest BCUT2D eigenvalue weighted by Crippen LogP contribution is 2.47. The molecule has 9 nitrogen and oxygen atoms in total. The summed E-state index contributed by atoms with van der Waals surface area (Å²) in [6.07, 6.45) is -1.49. The molecule has 2 atom stereocenters. The van der Waals surface area contributed by atoms with E-state index in [2.05, 4.69) is 0 Å². The Labute approximate surface area is 185 Å². The number of nitro benzene ring substituents is 1. The van der Waals surface area contributed by atoms with Crippen molar-refractivity contribution in [3.63, 3.8) is 0 Å². The average Bonchev–Trinajstić information content (AvgIpc) is 3.04. The van der Waals surface area contributed by atoms with E-state index >= 15 is 0 Å². The Bertz CT molecular complexity index is 1290. The lowest BCUT2D eigenvalue weighted by Gasteiger charge is -2.45. The van der Waals surface area contributed by atoms with Crippen molar-refractivity contribution in [2.45, 2.75) is 48.5 Å². The molecule has 0 bridgehead atoms. The van der Waals surface area contributed by atoms with Gasteiger partial charge >= 0.3 is 5.51 Å². The zero-order valence-electron chi connectivity index (χ0n) is 17.2. The Balaban J connectivity index is 1.88. The molecule has 0 fully saturated rings. The number of halogens is 3. The summed E-state index contributed by atoms with van der Waals surface area (Å²) in [4.78, 5) is 23.9. The lowest BCUT2D eigenvalue weighted by Crippen LogP contribution is -2.53. The molecule has 33 heavy (non-hydrogen) atoms. The van der Waals surface area contributed by atoms with E-state index < -0.39 is 48.8 Å². The number of aliphatic hydroxyl groups is 1. The standard InChI is InChI=1S/C20H17F3N2O7S/c1-19(2)17(26)16(24-9-13-11(18(24)27)4-3-5-14(13)25(28)29)12-8-10(6-7-15(12)32-19)33(30,31)20(21,22)23/h3-8,16-17,26H,9H2,1-2H3/t16-,17+/m0/s1. The van der Waals surface area contributed by atoms with Crippen molar-refractivity contribution < 1.29 is 41.2 Å². The Hall–Kier alpha value is -3.19. The zero-order valence-corrected chi connectivity index (χ0v) is 18.0. The predicted molar refractivity (Wildman–Crippen MR) is 106 cm³/mol. The third-order valence-corrected chi connectivity index (χ3v) is 7.29. The van der Waals surface area contributed by atoms with Crippen LogP contribution in [0.1, 0.15) is 41.4 Å². The van der Waals surface area contributed by atoms with E-state index in [1.165, 1.54) is 32.0 Å². The van der Waals surface area contributed by atoms with Crippen LogP contribution in [-0.4, -0.2) is 46.5 Å². The fourth-order valence-corrected chi connectivity index (χ4v) is 4.91. The van der Waals surface area contributed by atoms with Gasteiger partial charge in [0.2, 0.25) is 0 Å². The van der Waals surface area contributed by atoms with Crippen LogP contribution >= 0.6 is 0 Å². The summed E-state index contributed by atoms with van der Waals surface area (Å²) in [5, 5.41) is 22.4. The monoisotopic (exact) mass is 486 g/mol. The van der Waals surface area contributed by atoms with Crippen LogP contribution in [0.2, 0.25) is 0 Å². The van der Waals surface area contributed by atoms with Gasteiger partial charge in [0.05, 0.1) is 33.5 Å². The van der Waals surface area contributed by atoms with Crippen LogP contribution in [0.3, 0.4) is 0 Å². The summed E-state index contributed by atoms with van der Waals surface area (Å²) in [5.41, 5.74) is -7.26. The topological polar surface area (TPSA) is 127 Å². The van der Waals surface area contributed by atoms with Gasteiger partial charge in [-0.3, -0.25) is 14.9 Å². The van der Waals surface area contributed by atoms with Crippen molar-refractivity contribution in [2.75, 3.05) is 0 Å². The van der Waals surface area contributed by atoms with E-state index in [-0.39, 0.29) is 34.7 Å². The van der Waals surface area contributed by atoms with Crippen LogP contribution < -0.4 is 4.74 Å². The first kappa shape index (κ1) is 23.0. The van der Waals surface area contributed by atoms with Crippen LogP contribution in [0.25, 0.3) is 0 Å². The number of sulfone groups is 1. The molecule has 13 heteroatoms. The highest BCUT2D eigenvalue weighted by Gasteiger charge is 2.51. The lowest BCUT2D eigenvalue weighted by atomic mass is 9.85. The molecule has 0 radical (unpaired) electrons. The SMILES string of the molecule is CC1(C)Oc2ccc(S(=O)(=O)C(F)(F)F)cc2[C@H](N2Cc3c(cccc3[N+](=O)[O-])C2=O)[C@H]1O. The molecule has 2 aliphatic heterocycles. The molecule has 1 N–H and O–H groups in total. The second-order valence-electron chi connectivity index (χ2n) is 8.24. The molecular weight excluding hydrogens is 469 g/mol.